The molecule has 3 aromatic heterocycles. The molecule has 0 unspecified atom stereocenters. The maximum atomic E-state index is 13.5. The van der Waals surface area contributed by atoms with Crippen molar-refractivity contribution in [1.82, 2.24) is 29.2 Å². The van der Waals surface area contributed by atoms with Gasteiger partial charge in [-0.25, -0.2) is 19.3 Å². The average molecular weight is 635 g/mol. The summed E-state index contributed by atoms with van der Waals surface area (Å²) in [5.74, 6) is -0.817. The number of carbonyl (C=O) groups excluding carboxylic acids is 3. The van der Waals surface area contributed by atoms with E-state index in [9.17, 15) is 14.4 Å². The molecule has 0 saturated carbocycles. The predicted molar refractivity (Wildman–Crippen MR) is 167 cm³/mol. The first-order valence-electron chi connectivity index (χ1n) is 14.8. The van der Waals surface area contributed by atoms with Crippen LogP contribution in [0, 0.1) is 0 Å². The first kappa shape index (κ1) is 31.8. The van der Waals surface area contributed by atoms with Crippen LogP contribution in [0.3, 0.4) is 0 Å². The highest BCUT2D eigenvalue weighted by Gasteiger charge is 2.42. The summed E-state index contributed by atoms with van der Waals surface area (Å²) >= 11 is 0. The van der Waals surface area contributed by atoms with Crippen LogP contribution in [0.5, 0.6) is 5.88 Å². The molecule has 4 heterocycles. The van der Waals surface area contributed by atoms with E-state index in [2.05, 4.69) is 29.7 Å². The van der Waals surface area contributed by atoms with Crippen molar-refractivity contribution in [1.29, 1.82) is 0 Å². The maximum absolute atomic E-state index is 13.5. The highest BCUT2D eigenvalue weighted by atomic mass is 28.3. The number of carbonyl (C=O) groups is 3. The van der Waals surface area contributed by atoms with Crippen LogP contribution in [0.25, 0.3) is 17.0 Å². The Hall–Kier alpha value is -4.56. The number of benzene rings is 1. The van der Waals surface area contributed by atoms with E-state index in [0.29, 0.717) is 29.6 Å². The van der Waals surface area contributed by atoms with Gasteiger partial charge in [-0.3, -0.25) is 4.79 Å². The number of nitrogens with zero attached hydrogens (tertiary/aromatic N) is 6. The molecule has 0 spiro atoms. The number of hydrogen-bond donors (Lipinski definition) is 0. The lowest BCUT2D eigenvalue weighted by Gasteiger charge is -2.22. The zero-order valence-electron chi connectivity index (χ0n) is 26.1. The Morgan fingerprint density at radius 2 is 1.82 bits per heavy atom. The molecular weight excluding hydrogens is 596 g/mol. The molecule has 0 bridgehead atoms. The van der Waals surface area contributed by atoms with E-state index >= 15 is 0 Å². The van der Waals surface area contributed by atoms with Gasteiger partial charge in [0, 0.05) is 45.6 Å². The van der Waals surface area contributed by atoms with Gasteiger partial charge in [-0.15, -0.1) is 0 Å². The molecule has 13 nitrogen and oxygen atoms in total. The van der Waals surface area contributed by atoms with Crippen LogP contribution < -0.4 is 4.74 Å². The second-order valence-electron chi connectivity index (χ2n) is 11.9. The van der Waals surface area contributed by atoms with Crippen molar-refractivity contribution in [2.75, 3.05) is 33.7 Å². The fourth-order valence-electron chi connectivity index (χ4n) is 5.16. The Morgan fingerprint density at radius 3 is 2.53 bits per heavy atom. The third kappa shape index (κ3) is 7.23. The molecule has 14 heteroatoms. The SMILES string of the molecule is CCOC(=O)c1cnn(-c2nc(OCOCC[Si](C)(C)C)c3c(ccn3[C@H]3C[C@@H](C(=O)OC)N(C(=O)c4ccccc4)C3)n2)c1. The van der Waals surface area contributed by atoms with Crippen LogP contribution in [0.2, 0.25) is 25.7 Å². The highest BCUT2D eigenvalue weighted by Crippen LogP contribution is 2.35. The minimum Gasteiger partial charge on any atom is -0.467 e. The number of rotatable bonds is 12. The fourth-order valence-corrected chi connectivity index (χ4v) is 5.92. The van der Waals surface area contributed by atoms with Crippen molar-refractivity contribution < 1.29 is 33.3 Å². The molecule has 0 radical (unpaired) electrons. The standard InChI is InChI=1S/C31H38N6O7Si/c1-6-43-29(39)22-17-32-37(18-22)31-33-24-12-13-35(26(24)27(34-31)44-20-42-14-15-45(3,4)5)23-16-25(30(40)41-2)36(19-23)28(38)21-10-8-7-9-11-21/h7-13,17-18,23,25H,6,14-16,19-20H2,1-5H3/t23-,25-/m0/s1. The molecule has 0 N–H and O–H groups in total. The summed E-state index contributed by atoms with van der Waals surface area (Å²) in [6, 6.07) is 10.6. The molecule has 2 atom stereocenters. The van der Waals surface area contributed by atoms with Crippen molar-refractivity contribution in [3.63, 3.8) is 0 Å². The Labute approximate surface area is 262 Å². The summed E-state index contributed by atoms with van der Waals surface area (Å²) in [5.41, 5.74) is 1.87. The molecule has 0 aliphatic carbocycles. The van der Waals surface area contributed by atoms with Crippen molar-refractivity contribution in [3.8, 4) is 11.8 Å². The first-order valence-corrected chi connectivity index (χ1v) is 18.6. The number of amides is 1. The number of esters is 2. The van der Waals surface area contributed by atoms with Gasteiger partial charge in [0.1, 0.15) is 11.6 Å². The highest BCUT2D eigenvalue weighted by molar-refractivity contribution is 6.76. The molecule has 1 saturated heterocycles. The summed E-state index contributed by atoms with van der Waals surface area (Å²) in [6.07, 6.45) is 5.05. The van der Waals surface area contributed by atoms with E-state index in [1.807, 2.05) is 22.9 Å². The molecule has 1 fully saturated rings. The Bertz CT molecular complexity index is 1670. The largest absolute Gasteiger partial charge is 0.467 e. The van der Waals surface area contributed by atoms with Crippen molar-refractivity contribution in [2.24, 2.45) is 0 Å². The summed E-state index contributed by atoms with van der Waals surface area (Å²) in [6.45, 7) is 9.56. The zero-order valence-corrected chi connectivity index (χ0v) is 27.1. The number of methoxy groups -OCH3 is 1. The topological polar surface area (TPSA) is 140 Å². The number of aromatic nitrogens is 5. The van der Waals surface area contributed by atoms with E-state index < -0.39 is 26.1 Å². The van der Waals surface area contributed by atoms with Gasteiger partial charge in [-0.05, 0) is 31.2 Å². The minimum atomic E-state index is -1.30. The monoisotopic (exact) mass is 634 g/mol. The fraction of sp³-hybridized carbons (Fsp3) is 0.419. The van der Waals surface area contributed by atoms with Gasteiger partial charge < -0.3 is 28.4 Å². The lowest BCUT2D eigenvalue weighted by atomic mass is 10.1. The van der Waals surface area contributed by atoms with Crippen molar-refractivity contribution in [3.05, 3.63) is 66.1 Å². The van der Waals surface area contributed by atoms with Crippen LogP contribution in [-0.4, -0.2) is 94.8 Å². The number of ether oxygens (including phenoxy) is 4. The van der Waals surface area contributed by atoms with E-state index in [1.165, 1.54) is 24.2 Å². The van der Waals surface area contributed by atoms with Crippen LogP contribution in [0.4, 0.5) is 0 Å². The smallest absolute Gasteiger partial charge is 0.341 e. The van der Waals surface area contributed by atoms with Gasteiger partial charge in [0.2, 0.25) is 5.88 Å². The van der Waals surface area contributed by atoms with E-state index in [4.69, 9.17) is 23.9 Å². The van der Waals surface area contributed by atoms with Crippen LogP contribution in [-0.2, 0) is 19.0 Å². The molecule has 1 aliphatic heterocycles. The summed E-state index contributed by atoms with van der Waals surface area (Å²) < 4.78 is 25.4. The molecule has 1 aliphatic rings. The van der Waals surface area contributed by atoms with E-state index in [1.54, 1.807) is 36.1 Å². The van der Waals surface area contributed by atoms with E-state index in [-0.39, 0.29) is 49.3 Å². The zero-order chi connectivity index (χ0) is 32.1. The molecular formula is C31H38N6O7Si. The Kier molecular flexibility index (Phi) is 9.63. The lowest BCUT2D eigenvalue weighted by Crippen LogP contribution is -2.41. The van der Waals surface area contributed by atoms with Crippen LogP contribution >= 0.6 is 0 Å². The Balaban J connectivity index is 1.48. The number of likely N-dealkylation sites (tertiary alicyclic amines) is 1. The molecule has 5 rings (SSSR count). The van der Waals surface area contributed by atoms with Gasteiger partial charge in [-0.2, -0.15) is 10.1 Å². The van der Waals surface area contributed by atoms with Gasteiger partial charge in [0.05, 0.1) is 37.0 Å². The average Bonchev–Trinajstić information content (AvgIpc) is 3.78. The third-order valence-electron chi connectivity index (χ3n) is 7.52. The lowest BCUT2D eigenvalue weighted by molar-refractivity contribution is -0.145. The molecule has 1 amide bonds. The minimum absolute atomic E-state index is 0.0392. The van der Waals surface area contributed by atoms with E-state index in [0.717, 1.165) is 6.04 Å². The normalized spacial score (nSPS) is 16.6. The number of fused-ring (bicyclic) bond motifs is 1. The third-order valence-corrected chi connectivity index (χ3v) is 9.22. The maximum Gasteiger partial charge on any atom is 0.341 e. The van der Waals surface area contributed by atoms with Crippen molar-refractivity contribution >= 4 is 37.0 Å². The molecule has 1 aromatic carbocycles. The molecule has 4 aromatic rings. The van der Waals surface area contributed by atoms with Crippen LogP contribution in [0.1, 0.15) is 40.1 Å². The summed E-state index contributed by atoms with van der Waals surface area (Å²) in [5, 5.41) is 4.26. The molecule has 45 heavy (non-hydrogen) atoms. The van der Waals surface area contributed by atoms with Crippen molar-refractivity contribution in [2.45, 2.75) is 51.1 Å². The van der Waals surface area contributed by atoms with Crippen LogP contribution in [0.15, 0.2) is 55.0 Å². The van der Waals surface area contributed by atoms with Gasteiger partial charge in [-0.1, -0.05) is 37.8 Å². The summed E-state index contributed by atoms with van der Waals surface area (Å²) in [4.78, 5) is 49.5. The second kappa shape index (κ2) is 13.6. The predicted octanol–water partition coefficient (Wildman–Crippen LogP) is 4.11. The quantitative estimate of drug-likeness (QED) is 0.0968. The molecule has 238 valence electrons. The second-order valence-corrected chi connectivity index (χ2v) is 17.5. The number of hydrogen-bond acceptors (Lipinski definition) is 10. The van der Waals surface area contributed by atoms with Gasteiger partial charge in [0.15, 0.2) is 6.79 Å². The Morgan fingerprint density at radius 1 is 1.04 bits per heavy atom. The van der Waals surface area contributed by atoms with Gasteiger partial charge >= 0.3 is 11.9 Å². The van der Waals surface area contributed by atoms with Gasteiger partial charge in [0.25, 0.3) is 11.9 Å². The first-order chi connectivity index (χ1) is 21.6. The summed E-state index contributed by atoms with van der Waals surface area (Å²) in [7, 11) is 0.0159.